The van der Waals surface area contributed by atoms with Crippen LogP contribution in [0.4, 0.5) is 4.39 Å². The SMILES string of the molecule is COc1ccc(-c2ccc(C(C)OC3CC(NCl)C3)nc2)cc1F. The number of hydrogen-bond donors (Lipinski definition) is 1. The average molecular weight is 351 g/mol. The first kappa shape index (κ1) is 17.1. The minimum Gasteiger partial charge on any atom is -0.494 e. The van der Waals surface area contributed by atoms with E-state index in [4.69, 9.17) is 21.3 Å². The van der Waals surface area contributed by atoms with Crippen LogP contribution in [0.15, 0.2) is 36.5 Å². The van der Waals surface area contributed by atoms with Crippen molar-refractivity contribution in [1.82, 2.24) is 9.82 Å². The number of methoxy groups -OCH3 is 1. The van der Waals surface area contributed by atoms with Gasteiger partial charge in [-0.2, -0.15) is 0 Å². The molecule has 1 heterocycles. The molecule has 128 valence electrons. The van der Waals surface area contributed by atoms with Crippen molar-refractivity contribution in [2.75, 3.05) is 7.11 Å². The largest absolute Gasteiger partial charge is 0.494 e. The third kappa shape index (κ3) is 3.69. The summed E-state index contributed by atoms with van der Waals surface area (Å²) >= 11 is 5.58. The molecule has 6 heteroatoms. The second-order valence-corrected chi connectivity index (χ2v) is 6.22. The summed E-state index contributed by atoms with van der Waals surface area (Å²) in [5.74, 6) is -0.154. The Morgan fingerprint density at radius 2 is 2.00 bits per heavy atom. The molecule has 4 nitrogen and oxygen atoms in total. The molecule has 1 saturated carbocycles. The highest BCUT2D eigenvalue weighted by molar-refractivity contribution is 6.13. The molecule has 1 aromatic carbocycles. The highest BCUT2D eigenvalue weighted by Gasteiger charge is 2.30. The Balaban J connectivity index is 1.65. The smallest absolute Gasteiger partial charge is 0.165 e. The van der Waals surface area contributed by atoms with E-state index in [1.807, 2.05) is 25.1 Å². The van der Waals surface area contributed by atoms with Crippen molar-refractivity contribution in [1.29, 1.82) is 0 Å². The number of aromatic nitrogens is 1. The molecule has 1 fully saturated rings. The van der Waals surface area contributed by atoms with E-state index < -0.39 is 0 Å². The summed E-state index contributed by atoms with van der Waals surface area (Å²) in [6.07, 6.45) is 3.69. The quantitative estimate of drug-likeness (QED) is 0.791. The lowest BCUT2D eigenvalue weighted by Gasteiger charge is -2.35. The molecule has 0 saturated heterocycles. The van der Waals surface area contributed by atoms with Gasteiger partial charge in [-0.1, -0.05) is 12.1 Å². The van der Waals surface area contributed by atoms with Crippen LogP contribution >= 0.6 is 11.8 Å². The Labute approximate surface area is 146 Å². The number of hydrogen-bond acceptors (Lipinski definition) is 4. The highest BCUT2D eigenvalue weighted by atomic mass is 35.5. The molecule has 1 unspecified atom stereocenters. The molecule has 1 aliphatic rings. The van der Waals surface area contributed by atoms with Gasteiger partial charge in [-0.25, -0.2) is 9.23 Å². The summed E-state index contributed by atoms with van der Waals surface area (Å²) in [5, 5.41) is 0. The van der Waals surface area contributed by atoms with Crippen LogP contribution in [0.1, 0.15) is 31.6 Å². The maximum atomic E-state index is 13.8. The Morgan fingerprint density at radius 3 is 2.58 bits per heavy atom. The van der Waals surface area contributed by atoms with E-state index in [1.54, 1.807) is 12.3 Å². The third-order valence-corrected chi connectivity index (χ3v) is 4.64. The van der Waals surface area contributed by atoms with Gasteiger partial charge in [-0.3, -0.25) is 4.98 Å². The van der Waals surface area contributed by atoms with Gasteiger partial charge in [-0.15, -0.1) is 0 Å². The van der Waals surface area contributed by atoms with Crippen molar-refractivity contribution in [3.63, 3.8) is 0 Å². The summed E-state index contributed by atoms with van der Waals surface area (Å²) < 4.78 is 24.7. The van der Waals surface area contributed by atoms with Crippen LogP contribution in [0.3, 0.4) is 0 Å². The lowest BCUT2D eigenvalue weighted by molar-refractivity contribution is -0.0568. The van der Waals surface area contributed by atoms with Gasteiger partial charge in [0.1, 0.15) is 0 Å². The number of ether oxygens (including phenoxy) is 2. The monoisotopic (exact) mass is 350 g/mol. The lowest BCUT2D eigenvalue weighted by Crippen LogP contribution is -2.42. The van der Waals surface area contributed by atoms with Crippen LogP contribution in [0.2, 0.25) is 0 Å². The van der Waals surface area contributed by atoms with E-state index in [0.717, 1.165) is 29.7 Å². The molecule has 0 spiro atoms. The van der Waals surface area contributed by atoms with E-state index >= 15 is 0 Å². The van der Waals surface area contributed by atoms with Crippen LogP contribution in [0.25, 0.3) is 11.1 Å². The molecule has 24 heavy (non-hydrogen) atoms. The fourth-order valence-electron chi connectivity index (χ4n) is 2.79. The first-order valence-corrected chi connectivity index (χ1v) is 8.30. The van der Waals surface area contributed by atoms with E-state index in [9.17, 15) is 4.39 Å². The minimum atomic E-state index is -0.386. The zero-order valence-corrected chi connectivity index (χ0v) is 14.4. The molecular weight excluding hydrogens is 331 g/mol. The zero-order valence-electron chi connectivity index (χ0n) is 13.6. The van der Waals surface area contributed by atoms with Gasteiger partial charge in [0.05, 0.1) is 25.0 Å². The molecule has 0 amide bonds. The van der Waals surface area contributed by atoms with Crippen molar-refractivity contribution < 1.29 is 13.9 Å². The highest BCUT2D eigenvalue weighted by Crippen LogP contribution is 2.30. The first-order valence-electron chi connectivity index (χ1n) is 7.92. The summed E-state index contributed by atoms with van der Waals surface area (Å²) in [6.45, 7) is 1.98. The number of halogens is 2. The third-order valence-electron chi connectivity index (χ3n) is 4.33. The molecule has 1 N–H and O–H groups in total. The Morgan fingerprint density at radius 1 is 1.25 bits per heavy atom. The number of benzene rings is 1. The maximum Gasteiger partial charge on any atom is 0.165 e. The van der Waals surface area contributed by atoms with Gasteiger partial charge in [-0.05, 0) is 55.3 Å². The summed E-state index contributed by atoms with van der Waals surface area (Å²) in [6, 6.07) is 9.05. The van der Waals surface area contributed by atoms with Crippen molar-refractivity contribution in [3.05, 3.63) is 48.0 Å². The number of rotatable bonds is 6. The van der Waals surface area contributed by atoms with Crippen LogP contribution in [0, 0.1) is 5.82 Å². The predicted octanol–water partition coefficient (Wildman–Crippen LogP) is 4.25. The van der Waals surface area contributed by atoms with Crippen molar-refractivity contribution in [2.24, 2.45) is 0 Å². The molecule has 1 aromatic heterocycles. The van der Waals surface area contributed by atoms with Crippen molar-refractivity contribution in [2.45, 2.75) is 38.0 Å². The van der Waals surface area contributed by atoms with Crippen LogP contribution in [-0.2, 0) is 4.74 Å². The number of pyridine rings is 1. The van der Waals surface area contributed by atoms with Gasteiger partial charge >= 0.3 is 0 Å². The zero-order chi connectivity index (χ0) is 17.1. The second-order valence-electron chi connectivity index (χ2n) is 6.00. The fourth-order valence-corrected chi connectivity index (χ4v) is 2.96. The van der Waals surface area contributed by atoms with E-state index in [2.05, 4.69) is 9.82 Å². The molecule has 0 bridgehead atoms. The van der Waals surface area contributed by atoms with Gasteiger partial charge in [0.25, 0.3) is 0 Å². The molecule has 3 rings (SSSR count). The van der Waals surface area contributed by atoms with Crippen LogP contribution in [0.5, 0.6) is 5.75 Å². The number of nitrogens with zero attached hydrogens (tertiary/aromatic N) is 1. The van der Waals surface area contributed by atoms with Crippen LogP contribution in [-0.4, -0.2) is 24.2 Å². The molecule has 1 aliphatic carbocycles. The van der Waals surface area contributed by atoms with Gasteiger partial charge in [0.2, 0.25) is 0 Å². The van der Waals surface area contributed by atoms with E-state index in [-0.39, 0.29) is 23.8 Å². The maximum absolute atomic E-state index is 13.8. The van der Waals surface area contributed by atoms with Gasteiger partial charge in [0, 0.05) is 17.8 Å². The summed E-state index contributed by atoms with van der Waals surface area (Å²) in [4.78, 5) is 7.18. The molecule has 0 radical (unpaired) electrons. The van der Waals surface area contributed by atoms with Gasteiger partial charge in [0.15, 0.2) is 11.6 Å². The molecule has 0 aliphatic heterocycles. The topological polar surface area (TPSA) is 43.4 Å². The minimum absolute atomic E-state index is 0.0899. The van der Waals surface area contributed by atoms with E-state index in [0.29, 0.717) is 6.04 Å². The second kappa shape index (κ2) is 7.47. The first-order chi connectivity index (χ1) is 11.6. The molecule has 2 aromatic rings. The fraction of sp³-hybridized carbons (Fsp3) is 0.389. The Bertz CT molecular complexity index is 690. The Kier molecular flexibility index (Phi) is 5.33. The normalized spacial score (nSPS) is 21.2. The van der Waals surface area contributed by atoms with Crippen LogP contribution < -0.4 is 9.57 Å². The summed E-state index contributed by atoms with van der Waals surface area (Å²) in [5.41, 5.74) is 2.47. The van der Waals surface area contributed by atoms with Gasteiger partial charge < -0.3 is 9.47 Å². The summed E-state index contributed by atoms with van der Waals surface area (Å²) in [7, 11) is 1.45. The predicted molar refractivity (Wildman–Crippen MR) is 91.5 cm³/mol. The molecular formula is C18H20ClFN2O2. The Hall–Kier alpha value is -1.69. The number of nitrogens with one attached hydrogen (secondary N) is 1. The van der Waals surface area contributed by atoms with E-state index in [1.165, 1.54) is 13.2 Å². The van der Waals surface area contributed by atoms with Crippen molar-refractivity contribution in [3.8, 4) is 16.9 Å². The standard InChI is InChI=1S/C18H20ClFN2O2/c1-11(24-15-8-14(9-15)22-19)17-5-3-13(10-21-17)12-4-6-18(23-2)16(20)7-12/h3-7,10-11,14-15,22H,8-9H2,1-2H3. The lowest BCUT2D eigenvalue weighted by atomic mass is 9.90. The van der Waals surface area contributed by atoms with Crippen molar-refractivity contribution >= 4 is 11.8 Å². The molecule has 1 atom stereocenters. The average Bonchev–Trinajstić information content (AvgIpc) is 2.57.